The molecule has 3 aliphatic heterocycles. The summed E-state index contributed by atoms with van der Waals surface area (Å²) in [7, 11) is 0. The van der Waals surface area contributed by atoms with Crippen LogP contribution >= 0.6 is 0 Å². The van der Waals surface area contributed by atoms with Gasteiger partial charge in [-0.2, -0.15) is 0 Å². The van der Waals surface area contributed by atoms with Gasteiger partial charge in [0, 0.05) is 6.42 Å². The van der Waals surface area contributed by atoms with Crippen molar-refractivity contribution in [1.82, 2.24) is 5.32 Å². The average molecular weight is 1310 g/mol. The second-order valence-corrected chi connectivity index (χ2v) is 25.3. The Morgan fingerprint density at radius 2 is 0.750 bits per heavy atom. The van der Waals surface area contributed by atoms with Gasteiger partial charge in [0.25, 0.3) is 0 Å². The van der Waals surface area contributed by atoms with Gasteiger partial charge in [0.05, 0.1) is 38.6 Å². The lowest BCUT2D eigenvalue weighted by atomic mass is 9.96. The summed E-state index contributed by atoms with van der Waals surface area (Å²) >= 11 is 0. The molecule has 0 saturated carbocycles. The van der Waals surface area contributed by atoms with Gasteiger partial charge in [-0.15, -0.1) is 0 Å². The lowest BCUT2D eigenvalue weighted by molar-refractivity contribution is -0.379. The van der Waals surface area contributed by atoms with E-state index in [9.17, 15) is 61.0 Å². The maximum Gasteiger partial charge on any atom is 0.220 e. The molecular weight excluding hydrogens is 1180 g/mol. The van der Waals surface area contributed by atoms with E-state index < -0.39 is 124 Å². The van der Waals surface area contributed by atoms with E-state index in [2.05, 4.69) is 92.1 Å². The molecule has 17 atom stereocenters. The van der Waals surface area contributed by atoms with E-state index in [-0.39, 0.29) is 18.9 Å². The third-order valence-corrected chi connectivity index (χ3v) is 17.4. The van der Waals surface area contributed by atoms with Crippen molar-refractivity contribution in [2.45, 2.75) is 343 Å². The average Bonchev–Trinajstić information content (AvgIpc) is 0.838. The summed E-state index contributed by atoms with van der Waals surface area (Å²) in [5, 5.41) is 121. The van der Waals surface area contributed by atoms with Gasteiger partial charge in [0.1, 0.15) is 73.2 Å². The summed E-state index contributed by atoms with van der Waals surface area (Å²) in [5.74, 6) is -0.301. The van der Waals surface area contributed by atoms with Crippen LogP contribution in [-0.4, -0.2) is 193 Å². The van der Waals surface area contributed by atoms with Crippen molar-refractivity contribution in [2.24, 2.45) is 0 Å². The van der Waals surface area contributed by atoms with Crippen LogP contribution < -0.4 is 5.32 Å². The third kappa shape index (κ3) is 35.3. The Morgan fingerprint density at radius 3 is 1.17 bits per heavy atom. The SMILES string of the molecule is CC/C=C\C/C=C\C/C=C\C/C=C\C/C=C\C/C=C\CCCCCCC(=O)NC(COC1OC(CO)C(OC2OC(CO)C(OC3OC(CO)C(O)C(O)C3O)C(O)C2O)C(O)C1O)C(O)/C=C/CCCCCCCCCCCCCCCCCCCCCCCC. The molecule has 19 nitrogen and oxygen atoms in total. The standard InChI is InChI=1S/C73H127NO18/c1-3-5-7-9-11-13-15-17-19-21-23-25-27-29-30-32-34-36-38-40-42-44-46-48-50-57(78)56(74-61(79)51-49-47-45-43-41-39-37-35-33-31-28-26-24-22-20-18-16-14-12-10-8-6-4-2)55-87-71-67(85)64(82)69(59(53-76)89-71)92-73-68(86)65(83)70(60(54-77)90-73)91-72-66(84)63(81)62(80)58(52-75)88-72/h6,8,12,14,18,20,24,26,31,33,37,39,48,50,56-60,62-73,75-78,80-86H,3-5,7,9-11,13,15-17,19,21-23,25,27-30,32,34-36,38,40-47,49,51-55H2,1-2H3,(H,74,79)/b8-6-,14-12-,20-18-,26-24-,33-31-,39-37-,50-48+. The molecule has 0 aliphatic carbocycles. The first kappa shape index (κ1) is 83.2. The number of ether oxygens (including phenoxy) is 6. The number of rotatable bonds is 54. The lowest BCUT2D eigenvalue weighted by Crippen LogP contribution is -2.66. The molecule has 1 amide bonds. The second-order valence-electron chi connectivity index (χ2n) is 25.3. The Labute approximate surface area is 552 Å². The van der Waals surface area contributed by atoms with Crippen molar-refractivity contribution in [3.63, 3.8) is 0 Å². The first-order valence-corrected chi connectivity index (χ1v) is 35.8. The molecule has 12 N–H and O–H groups in total. The molecule has 0 radical (unpaired) electrons. The van der Waals surface area contributed by atoms with E-state index in [1.165, 1.54) is 122 Å². The highest BCUT2D eigenvalue weighted by atomic mass is 16.8. The van der Waals surface area contributed by atoms with E-state index in [1.54, 1.807) is 6.08 Å². The number of carbonyl (C=O) groups is 1. The fourth-order valence-corrected chi connectivity index (χ4v) is 11.7. The molecule has 3 aliphatic rings. The quantitative estimate of drug-likeness (QED) is 0.0199. The summed E-state index contributed by atoms with van der Waals surface area (Å²) in [4.78, 5) is 13.4. The number of amides is 1. The van der Waals surface area contributed by atoms with Crippen LogP contribution in [0.4, 0.5) is 0 Å². The maximum atomic E-state index is 13.4. The second kappa shape index (κ2) is 54.0. The van der Waals surface area contributed by atoms with Gasteiger partial charge in [-0.25, -0.2) is 0 Å². The molecule has 19 heteroatoms. The molecule has 3 saturated heterocycles. The minimum atomic E-state index is -1.99. The monoisotopic (exact) mass is 1310 g/mol. The van der Waals surface area contributed by atoms with Crippen molar-refractivity contribution in [2.75, 3.05) is 26.4 Å². The molecule has 0 spiro atoms. The van der Waals surface area contributed by atoms with Gasteiger partial charge in [-0.3, -0.25) is 4.79 Å². The van der Waals surface area contributed by atoms with E-state index in [1.807, 2.05) is 6.08 Å². The summed E-state index contributed by atoms with van der Waals surface area (Å²) < 4.78 is 34.4. The van der Waals surface area contributed by atoms with Crippen LogP contribution in [-0.2, 0) is 33.2 Å². The van der Waals surface area contributed by atoms with Gasteiger partial charge in [0.15, 0.2) is 18.9 Å². The van der Waals surface area contributed by atoms with Crippen LogP contribution in [0, 0.1) is 0 Å². The summed E-state index contributed by atoms with van der Waals surface area (Å²) in [5.41, 5.74) is 0. The zero-order valence-electron chi connectivity index (χ0n) is 56.3. The van der Waals surface area contributed by atoms with Crippen LogP contribution in [0.25, 0.3) is 0 Å². The number of aliphatic hydroxyl groups excluding tert-OH is 11. The third-order valence-electron chi connectivity index (χ3n) is 17.4. The van der Waals surface area contributed by atoms with Gasteiger partial charge in [-0.1, -0.05) is 247 Å². The first-order chi connectivity index (χ1) is 44.8. The van der Waals surface area contributed by atoms with Crippen molar-refractivity contribution in [1.29, 1.82) is 0 Å². The summed E-state index contributed by atoms with van der Waals surface area (Å²) in [6.07, 6.45) is 42.6. The number of hydrogen-bond donors (Lipinski definition) is 12. The number of allylic oxidation sites excluding steroid dienone is 13. The predicted octanol–water partition coefficient (Wildman–Crippen LogP) is 9.88. The molecule has 3 fully saturated rings. The molecule has 3 heterocycles. The number of unbranched alkanes of at least 4 members (excludes halogenated alkanes) is 26. The number of hydrogen-bond acceptors (Lipinski definition) is 18. The highest BCUT2D eigenvalue weighted by Crippen LogP contribution is 2.33. The zero-order chi connectivity index (χ0) is 66.8. The van der Waals surface area contributed by atoms with Gasteiger partial charge < -0.3 is 89.9 Å². The minimum Gasteiger partial charge on any atom is -0.394 e. The molecule has 0 aromatic carbocycles. The number of aliphatic hydroxyl groups is 11. The van der Waals surface area contributed by atoms with Gasteiger partial charge in [0.2, 0.25) is 5.91 Å². The topological polar surface area (TPSA) is 307 Å². The highest BCUT2D eigenvalue weighted by molar-refractivity contribution is 5.76. The van der Waals surface area contributed by atoms with E-state index >= 15 is 0 Å². The first-order valence-electron chi connectivity index (χ1n) is 35.8. The molecule has 17 unspecified atom stereocenters. The predicted molar refractivity (Wildman–Crippen MR) is 360 cm³/mol. The van der Waals surface area contributed by atoms with Crippen LogP contribution in [0.2, 0.25) is 0 Å². The van der Waals surface area contributed by atoms with E-state index in [4.69, 9.17) is 28.4 Å². The molecular formula is C73H127NO18. The van der Waals surface area contributed by atoms with Gasteiger partial charge in [-0.05, 0) is 70.6 Å². The van der Waals surface area contributed by atoms with Crippen LogP contribution in [0.15, 0.2) is 85.1 Å². The van der Waals surface area contributed by atoms with Crippen molar-refractivity contribution >= 4 is 5.91 Å². The molecule has 0 aromatic rings. The molecule has 532 valence electrons. The van der Waals surface area contributed by atoms with Crippen molar-refractivity contribution in [3.05, 3.63) is 85.1 Å². The minimum absolute atomic E-state index is 0.209. The Morgan fingerprint density at radius 1 is 0.402 bits per heavy atom. The zero-order valence-corrected chi connectivity index (χ0v) is 56.3. The Balaban J connectivity index is 1.45. The maximum absolute atomic E-state index is 13.4. The number of nitrogens with one attached hydrogen (secondary N) is 1. The van der Waals surface area contributed by atoms with Gasteiger partial charge >= 0.3 is 0 Å². The van der Waals surface area contributed by atoms with Crippen molar-refractivity contribution < 1.29 is 89.4 Å². The fraction of sp³-hybridized carbons (Fsp3) is 0.795. The highest BCUT2D eigenvalue weighted by Gasteiger charge is 2.53. The Hall–Kier alpha value is -3.03. The smallest absolute Gasteiger partial charge is 0.220 e. The summed E-state index contributed by atoms with van der Waals surface area (Å²) in [6, 6.07) is -0.994. The molecule has 0 bridgehead atoms. The normalized spacial score (nSPS) is 28.2. The van der Waals surface area contributed by atoms with E-state index in [0.29, 0.717) is 6.42 Å². The largest absolute Gasteiger partial charge is 0.394 e. The number of carbonyl (C=O) groups excluding carboxylic acids is 1. The van der Waals surface area contributed by atoms with Crippen LogP contribution in [0.3, 0.4) is 0 Å². The summed E-state index contributed by atoms with van der Waals surface area (Å²) in [6.45, 7) is 1.61. The fourth-order valence-electron chi connectivity index (χ4n) is 11.7. The molecule has 0 aromatic heterocycles. The Kier molecular flexibility index (Phi) is 48.9. The van der Waals surface area contributed by atoms with Crippen molar-refractivity contribution in [3.8, 4) is 0 Å². The molecule has 3 rings (SSSR count). The Bertz CT molecular complexity index is 2000. The van der Waals surface area contributed by atoms with E-state index in [0.717, 1.165) is 89.9 Å². The lowest BCUT2D eigenvalue weighted by Gasteiger charge is -2.48. The molecule has 92 heavy (non-hydrogen) atoms. The van der Waals surface area contributed by atoms with Crippen LogP contribution in [0.1, 0.15) is 239 Å². The van der Waals surface area contributed by atoms with Crippen LogP contribution in [0.5, 0.6) is 0 Å².